The molecule has 0 radical (unpaired) electrons. The van der Waals surface area contributed by atoms with E-state index in [1.807, 2.05) is 6.07 Å². The van der Waals surface area contributed by atoms with Gasteiger partial charge in [-0.2, -0.15) is 5.26 Å². The fourth-order valence-corrected chi connectivity index (χ4v) is 3.59. The molecule has 0 aliphatic carbocycles. The predicted octanol–water partition coefficient (Wildman–Crippen LogP) is 2.01. The zero-order valence-electron chi connectivity index (χ0n) is 12.9. The van der Waals surface area contributed by atoms with Crippen molar-refractivity contribution in [3.8, 4) is 6.07 Å². The van der Waals surface area contributed by atoms with Crippen LogP contribution < -0.4 is 4.72 Å². The number of aryl methyl sites for hydroxylation is 1. The maximum atomic E-state index is 12.5. The van der Waals surface area contributed by atoms with Gasteiger partial charge in [0, 0.05) is 6.54 Å². The van der Waals surface area contributed by atoms with Crippen molar-refractivity contribution in [2.45, 2.75) is 17.7 Å². The van der Waals surface area contributed by atoms with Crippen LogP contribution in [0.5, 0.6) is 0 Å². The Morgan fingerprint density at radius 1 is 1.21 bits per heavy atom. The third kappa shape index (κ3) is 3.79. The summed E-state index contributed by atoms with van der Waals surface area (Å²) in [5.41, 5.74) is 1.09. The molecule has 0 saturated carbocycles. The minimum Gasteiger partial charge on any atom is -0.481 e. The lowest BCUT2D eigenvalue weighted by Crippen LogP contribution is -2.32. The van der Waals surface area contributed by atoms with E-state index in [0.29, 0.717) is 11.1 Å². The molecule has 24 heavy (non-hydrogen) atoms. The third-order valence-electron chi connectivity index (χ3n) is 3.61. The highest BCUT2D eigenvalue weighted by Crippen LogP contribution is 2.20. The number of carboxylic acid groups (broad SMARTS) is 1. The van der Waals surface area contributed by atoms with E-state index in [9.17, 15) is 18.3 Å². The Labute approximate surface area is 140 Å². The minimum atomic E-state index is -4.00. The van der Waals surface area contributed by atoms with E-state index in [1.54, 1.807) is 43.3 Å². The van der Waals surface area contributed by atoms with Gasteiger partial charge in [-0.05, 0) is 24.1 Å². The first-order valence-corrected chi connectivity index (χ1v) is 8.62. The zero-order valence-corrected chi connectivity index (χ0v) is 13.7. The lowest BCUT2D eigenvalue weighted by atomic mass is 10.00. The number of benzene rings is 2. The molecule has 2 rings (SSSR count). The highest BCUT2D eigenvalue weighted by molar-refractivity contribution is 7.89. The molecule has 0 heterocycles. The van der Waals surface area contributed by atoms with E-state index in [1.165, 1.54) is 12.1 Å². The van der Waals surface area contributed by atoms with Crippen molar-refractivity contribution in [2.24, 2.45) is 0 Å². The highest BCUT2D eigenvalue weighted by atomic mass is 32.2. The third-order valence-corrected chi connectivity index (χ3v) is 5.08. The van der Waals surface area contributed by atoms with E-state index in [0.717, 1.165) is 0 Å². The van der Waals surface area contributed by atoms with Crippen molar-refractivity contribution in [1.82, 2.24) is 4.72 Å². The summed E-state index contributed by atoms with van der Waals surface area (Å²) >= 11 is 0. The van der Waals surface area contributed by atoms with Gasteiger partial charge < -0.3 is 5.11 Å². The van der Waals surface area contributed by atoms with Crippen LogP contribution in [0.1, 0.15) is 22.6 Å². The maximum Gasteiger partial charge on any atom is 0.312 e. The summed E-state index contributed by atoms with van der Waals surface area (Å²) in [6.07, 6.45) is 0. The minimum absolute atomic E-state index is 0.0524. The summed E-state index contributed by atoms with van der Waals surface area (Å²) in [4.78, 5) is 11.3. The standard InChI is InChI=1S/C17H16N2O4S/c1-12-6-5-9-16(14(12)10-18)24(22,23)19-11-15(17(20)21)13-7-3-2-4-8-13/h2-9,15,19H,11H2,1H3,(H,20,21). The molecule has 0 fully saturated rings. The number of sulfonamides is 1. The Morgan fingerprint density at radius 3 is 2.46 bits per heavy atom. The van der Waals surface area contributed by atoms with Gasteiger partial charge in [-0.3, -0.25) is 4.79 Å². The number of hydrogen-bond acceptors (Lipinski definition) is 4. The Morgan fingerprint density at radius 2 is 1.88 bits per heavy atom. The number of rotatable bonds is 6. The second-order valence-corrected chi connectivity index (χ2v) is 6.95. The van der Waals surface area contributed by atoms with Crippen LogP contribution in [-0.2, 0) is 14.8 Å². The monoisotopic (exact) mass is 344 g/mol. The molecule has 0 aromatic heterocycles. The van der Waals surface area contributed by atoms with Crippen molar-refractivity contribution < 1.29 is 18.3 Å². The molecule has 6 nitrogen and oxygen atoms in total. The molecule has 2 aromatic carbocycles. The number of carbonyl (C=O) groups is 1. The average molecular weight is 344 g/mol. The number of carboxylic acids is 1. The molecular formula is C17H16N2O4S. The second-order valence-electron chi connectivity index (χ2n) is 5.21. The summed E-state index contributed by atoms with van der Waals surface area (Å²) in [6.45, 7) is 1.34. The van der Waals surface area contributed by atoms with Gasteiger partial charge in [-0.15, -0.1) is 0 Å². The van der Waals surface area contributed by atoms with Crippen molar-refractivity contribution in [3.05, 3.63) is 65.2 Å². The first kappa shape index (κ1) is 17.7. The molecule has 0 spiro atoms. The first-order chi connectivity index (χ1) is 11.4. The molecule has 7 heteroatoms. The maximum absolute atomic E-state index is 12.5. The highest BCUT2D eigenvalue weighted by Gasteiger charge is 2.25. The quantitative estimate of drug-likeness (QED) is 0.833. The molecule has 0 amide bonds. The number of nitrogens with one attached hydrogen (secondary N) is 1. The number of hydrogen-bond donors (Lipinski definition) is 2. The van der Waals surface area contributed by atoms with E-state index >= 15 is 0 Å². The molecule has 2 aromatic rings. The summed E-state index contributed by atoms with van der Waals surface area (Å²) in [5.74, 6) is -2.15. The van der Waals surface area contributed by atoms with Gasteiger partial charge >= 0.3 is 5.97 Å². The second kappa shape index (κ2) is 7.25. The van der Waals surface area contributed by atoms with Gasteiger partial charge in [-0.25, -0.2) is 13.1 Å². The molecule has 0 saturated heterocycles. The van der Waals surface area contributed by atoms with Crippen molar-refractivity contribution in [3.63, 3.8) is 0 Å². The van der Waals surface area contributed by atoms with Gasteiger partial charge in [0.15, 0.2) is 0 Å². The van der Waals surface area contributed by atoms with Gasteiger partial charge in [0.25, 0.3) is 0 Å². The normalized spacial score (nSPS) is 12.3. The molecule has 124 valence electrons. The van der Waals surface area contributed by atoms with Crippen LogP contribution in [0.4, 0.5) is 0 Å². The van der Waals surface area contributed by atoms with Crippen LogP contribution in [-0.4, -0.2) is 26.0 Å². The van der Waals surface area contributed by atoms with Crippen molar-refractivity contribution in [2.75, 3.05) is 6.54 Å². The fraction of sp³-hybridized carbons (Fsp3) is 0.176. The first-order valence-electron chi connectivity index (χ1n) is 7.14. The molecule has 1 unspecified atom stereocenters. The van der Waals surface area contributed by atoms with Crippen LogP contribution in [0.2, 0.25) is 0 Å². The lowest BCUT2D eigenvalue weighted by molar-refractivity contribution is -0.138. The molecule has 0 bridgehead atoms. The van der Waals surface area contributed by atoms with Gasteiger partial charge in [0.2, 0.25) is 10.0 Å². The number of aliphatic carboxylic acids is 1. The van der Waals surface area contributed by atoms with Crippen LogP contribution in [0, 0.1) is 18.3 Å². The van der Waals surface area contributed by atoms with Crippen LogP contribution in [0.25, 0.3) is 0 Å². The largest absolute Gasteiger partial charge is 0.481 e. The summed E-state index contributed by atoms with van der Waals surface area (Å²) < 4.78 is 27.2. The Kier molecular flexibility index (Phi) is 5.34. The van der Waals surface area contributed by atoms with Gasteiger partial charge in [-0.1, -0.05) is 42.5 Å². The predicted molar refractivity (Wildman–Crippen MR) is 87.9 cm³/mol. The number of nitrogens with zero attached hydrogens (tertiary/aromatic N) is 1. The lowest BCUT2D eigenvalue weighted by Gasteiger charge is -2.15. The molecular weight excluding hydrogens is 328 g/mol. The van der Waals surface area contributed by atoms with Crippen LogP contribution >= 0.6 is 0 Å². The summed E-state index contributed by atoms with van der Waals surface area (Å²) in [7, 11) is -4.00. The summed E-state index contributed by atoms with van der Waals surface area (Å²) in [5, 5.41) is 18.5. The smallest absolute Gasteiger partial charge is 0.312 e. The SMILES string of the molecule is Cc1cccc(S(=O)(=O)NCC(C(=O)O)c2ccccc2)c1C#N. The Balaban J connectivity index is 2.29. The van der Waals surface area contributed by atoms with E-state index in [-0.39, 0.29) is 17.0 Å². The van der Waals surface area contributed by atoms with E-state index < -0.39 is 21.9 Å². The van der Waals surface area contributed by atoms with Gasteiger partial charge in [0.1, 0.15) is 6.07 Å². The van der Waals surface area contributed by atoms with Crippen molar-refractivity contribution in [1.29, 1.82) is 5.26 Å². The molecule has 1 atom stereocenters. The zero-order chi connectivity index (χ0) is 17.7. The van der Waals surface area contributed by atoms with Crippen molar-refractivity contribution >= 4 is 16.0 Å². The fourth-order valence-electron chi connectivity index (χ4n) is 2.31. The summed E-state index contributed by atoms with van der Waals surface area (Å²) in [6, 6.07) is 14.8. The average Bonchev–Trinajstić information content (AvgIpc) is 2.55. The topological polar surface area (TPSA) is 107 Å². The Bertz CT molecular complexity index is 887. The van der Waals surface area contributed by atoms with E-state index in [4.69, 9.17) is 5.26 Å². The number of nitriles is 1. The molecule has 0 aliphatic heterocycles. The van der Waals surface area contributed by atoms with Crippen LogP contribution in [0.3, 0.4) is 0 Å². The van der Waals surface area contributed by atoms with E-state index in [2.05, 4.69) is 4.72 Å². The molecule has 0 aliphatic rings. The Hall–Kier alpha value is -2.69. The van der Waals surface area contributed by atoms with Crippen LogP contribution in [0.15, 0.2) is 53.4 Å². The molecule has 2 N–H and O–H groups in total. The van der Waals surface area contributed by atoms with Gasteiger partial charge in [0.05, 0.1) is 16.4 Å².